The molecule has 1 atom stereocenters. The average Bonchev–Trinajstić information content (AvgIpc) is 3.04. The Labute approximate surface area is 133 Å². The van der Waals surface area contributed by atoms with E-state index in [1.165, 1.54) is 0 Å². The number of aliphatic imine (C=N–C) groups is 2. The topological polar surface area (TPSA) is 68.3 Å². The second-order valence-corrected chi connectivity index (χ2v) is 5.06. The van der Waals surface area contributed by atoms with Gasteiger partial charge in [0.25, 0.3) is 0 Å². The Morgan fingerprint density at radius 2 is 2.18 bits per heavy atom. The van der Waals surface area contributed by atoms with Crippen LogP contribution in [0.5, 0.6) is 0 Å². The van der Waals surface area contributed by atoms with E-state index in [-0.39, 0.29) is 5.92 Å². The van der Waals surface area contributed by atoms with Gasteiger partial charge in [0.2, 0.25) is 0 Å². The Bertz CT molecular complexity index is 702. The first-order valence-electron chi connectivity index (χ1n) is 6.69. The molecule has 1 aromatic heterocycles. The van der Waals surface area contributed by atoms with E-state index >= 15 is 0 Å². The average molecular weight is 317 g/mol. The van der Waals surface area contributed by atoms with Crippen LogP contribution in [0.3, 0.4) is 0 Å². The van der Waals surface area contributed by atoms with Crippen molar-refractivity contribution in [2.24, 2.45) is 15.9 Å². The van der Waals surface area contributed by atoms with Crippen molar-refractivity contribution < 1.29 is 13.9 Å². The molecular weight excluding hydrogens is 302 g/mol. The van der Waals surface area contributed by atoms with Crippen LogP contribution in [0.15, 0.2) is 56.5 Å². The van der Waals surface area contributed by atoms with Crippen molar-refractivity contribution in [3.8, 4) is 0 Å². The van der Waals surface area contributed by atoms with E-state index in [0.29, 0.717) is 29.0 Å². The molecule has 114 valence electrons. The summed E-state index contributed by atoms with van der Waals surface area (Å²) in [4.78, 5) is 8.90. The van der Waals surface area contributed by atoms with Crippen LogP contribution in [0.1, 0.15) is 5.76 Å². The maximum Gasteiger partial charge on any atom is 0.198 e. The lowest BCUT2D eigenvalue weighted by Gasteiger charge is -2.27. The summed E-state index contributed by atoms with van der Waals surface area (Å²) >= 11 is 5.17. The zero-order valence-electron chi connectivity index (χ0n) is 12.2. The van der Waals surface area contributed by atoms with E-state index in [4.69, 9.17) is 26.1 Å². The Balaban J connectivity index is 1.92. The number of allylic oxidation sites excluding steroid dienone is 1. The van der Waals surface area contributed by atoms with Crippen molar-refractivity contribution in [2.45, 2.75) is 6.54 Å². The van der Waals surface area contributed by atoms with Gasteiger partial charge in [0, 0.05) is 6.08 Å². The fourth-order valence-corrected chi connectivity index (χ4v) is 2.51. The normalized spacial score (nSPS) is 22.3. The smallest absolute Gasteiger partial charge is 0.198 e. The van der Waals surface area contributed by atoms with Gasteiger partial charge in [0.05, 0.1) is 38.7 Å². The Morgan fingerprint density at radius 3 is 2.86 bits per heavy atom. The van der Waals surface area contributed by atoms with E-state index in [1.807, 2.05) is 24.3 Å². The van der Waals surface area contributed by atoms with Crippen molar-refractivity contribution >= 4 is 28.9 Å². The molecule has 1 unspecified atom stereocenters. The van der Waals surface area contributed by atoms with Crippen molar-refractivity contribution in [1.82, 2.24) is 5.32 Å². The molecule has 1 aliphatic carbocycles. The Kier molecular flexibility index (Phi) is 4.06. The molecule has 2 aliphatic rings. The maximum absolute atomic E-state index is 5.35. The van der Waals surface area contributed by atoms with Gasteiger partial charge in [-0.1, -0.05) is 0 Å². The first kappa shape index (κ1) is 14.5. The number of nitrogens with one attached hydrogen (secondary N) is 1. The molecule has 0 radical (unpaired) electrons. The minimum Gasteiger partial charge on any atom is -0.493 e. The summed E-state index contributed by atoms with van der Waals surface area (Å²) in [6, 6.07) is 3.71. The zero-order valence-corrected chi connectivity index (χ0v) is 13.0. The van der Waals surface area contributed by atoms with Gasteiger partial charge in [-0.2, -0.15) is 0 Å². The van der Waals surface area contributed by atoms with Crippen LogP contribution in [-0.4, -0.2) is 30.9 Å². The van der Waals surface area contributed by atoms with Gasteiger partial charge in [0.1, 0.15) is 11.6 Å². The van der Waals surface area contributed by atoms with E-state index in [9.17, 15) is 0 Å². The molecule has 0 spiro atoms. The third-order valence-electron chi connectivity index (χ3n) is 3.34. The quantitative estimate of drug-likeness (QED) is 0.862. The van der Waals surface area contributed by atoms with Crippen LogP contribution in [-0.2, 0) is 16.0 Å². The highest BCUT2D eigenvalue weighted by atomic mass is 32.1. The second-order valence-electron chi connectivity index (χ2n) is 4.67. The van der Waals surface area contributed by atoms with Crippen molar-refractivity contribution in [1.29, 1.82) is 0 Å². The van der Waals surface area contributed by atoms with Crippen LogP contribution >= 0.6 is 12.2 Å². The standard InChI is InChI=1S/C15H15N3O3S/c1-19-12-6-10-11(7-13(12)20-2)17-15(22)18-14(10)16-8-9-4-3-5-21-9/h3-7,10H,8H2,1-2H3,(H,16,18,22). The van der Waals surface area contributed by atoms with Gasteiger partial charge < -0.3 is 19.2 Å². The number of rotatable bonds is 4. The van der Waals surface area contributed by atoms with Gasteiger partial charge in [0.15, 0.2) is 16.6 Å². The molecule has 7 heteroatoms. The Morgan fingerprint density at radius 1 is 1.36 bits per heavy atom. The fourth-order valence-electron chi connectivity index (χ4n) is 2.30. The molecule has 0 aromatic carbocycles. The first-order chi connectivity index (χ1) is 10.7. The van der Waals surface area contributed by atoms with E-state index in [1.54, 1.807) is 20.5 Å². The molecule has 1 aliphatic heterocycles. The second kappa shape index (κ2) is 6.15. The number of hydrogen-bond donors (Lipinski definition) is 1. The monoisotopic (exact) mass is 317 g/mol. The van der Waals surface area contributed by atoms with Crippen LogP contribution in [0, 0.1) is 5.92 Å². The van der Waals surface area contributed by atoms with Gasteiger partial charge >= 0.3 is 0 Å². The number of furan rings is 1. The summed E-state index contributed by atoms with van der Waals surface area (Å²) < 4.78 is 15.9. The number of nitrogens with zero attached hydrogens (tertiary/aromatic N) is 2. The summed E-state index contributed by atoms with van der Waals surface area (Å²) in [7, 11) is 3.19. The van der Waals surface area contributed by atoms with E-state index in [0.717, 1.165) is 11.5 Å². The largest absolute Gasteiger partial charge is 0.493 e. The van der Waals surface area contributed by atoms with Crippen LogP contribution in [0.2, 0.25) is 0 Å². The molecule has 0 saturated heterocycles. The lowest BCUT2D eigenvalue weighted by Crippen LogP contribution is -2.43. The summed E-state index contributed by atoms with van der Waals surface area (Å²) in [6.07, 6.45) is 5.35. The first-order valence-corrected chi connectivity index (χ1v) is 7.10. The highest BCUT2D eigenvalue weighted by Gasteiger charge is 2.30. The summed E-state index contributed by atoms with van der Waals surface area (Å²) in [5.41, 5.74) is 0.777. The van der Waals surface area contributed by atoms with Crippen molar-refractivity contribution in [3.05, 3.63) is 47.8 Å². The van der Waals surface area contributed by atoms with Crippen LogP contribution in [0.25, 0.3) is 0 Å². The lowest BCUT2D eigenvalue weighted by molar-refractivity contribution is 0.218. The molecule has 1 N–H and O–H groups in total. The Hall–Kier alpha value is -2.41. The summed E-state index contributed by atoms with van der Waals surface area (Å²) in [5.74, 6) is 2.62. The molecule has 0 saturated carbocycles. The predicted octanol–water partition coefficient (Wildman–Crippen LogP) is 2.20. The molecule has 3 rings (SSSR count). The SMILES string of the molecule is COC1=CC2=NC(=S)NC(=NCc3ccco3)C2C=C1OC. The summed E-state index contributed by atoms with van der Waals surface area (Å²) in [5, 5.41) is 3.42. The fraction of sp³-hybridized carbons (Fsp3) is 0.267. The molecule has 6 nitrogen and oxygen atoms in total. The molecule has 0 bridgehead atoms. The van der Waals surface area contributed by atoms with Crippen molar-refractivity contribution in [2.75, 3.05) is 14.2 Å². The lowest BCUT2D eigenvalue weighted by atomic mass is 9.94. The number of hydrogen-bond acceptors (Lipinski definition) is 5. The van der Waals surface area contributed by atoms with Crippen LogP contribution in [0.4, 0.5) is 0 Å². The highest BCUT2D eigenvalue weighted by Crippen LogP contribution is 2.25. The number of methoxy groups -OCH3 is 2. The van der Waals surface area contributed by atoms with Gasteiger partial charge in [-0.15, -0.1) is 0 Å². The van der Waals surface area contributed by atoms with Gasteiger partial charge in [-0.3, -0.25) is 4.99 Å². The molecular formula is C15H15N3O3S. The van der Waals surface area contributed by atoms with Gasteiger partial charge in [-0.05, 0) is 30.4 Å². The minimum atomic E-state index is -0.143. The third kappa shape index (κ3) is 2.80. The number of ether oxygens (including phenoxy) is 2. The number of amidine groups is 1. The van der Waals surface area contributed by atoms with Gasteiger partial charge in [-0.25, -0.2) is 4.99 Å². The van der Waals surface area contributed by atoms with Crippen molar-refractivity contribution in [3.63, 3.8) is 0 Å². The molecule has 1 aromatic rings. The van der Waals surface area contributed by atoms with E-state index in [2.05, 4.69) is 15.3 Å². The van der Waals surface area contributed by atoms with E-state index < -0.39 is 0 Å². The third-order valence-corrected chi connectivity index (χ3v) is 3.54. The minimum absolute atomic E-state index is 0.143. The molecule has 0 amide bonds. The molecule has 22 heavy (non-hydrogen) atoms. The molecule has 2 heterocycles. The number of thiocarbonyl (C=S) groups is 1. The van der Waals surface area contributed by atoms with Crippen LogP contribution < -0.4 is 5.32 Å². The summed E-state index contributed by atoms with van der Waals surface area (Å²) in [6.45, 7) is 0.429. The molecule has 0 fully saturated rings. The number of fused-ring (bicyclic) bond motifs is 1. The highest BCUT2D eigenvalue weighted by molar-refractivity contribution is 7.80. The maximum atomic E-state index is 5.35. The predicted molar refractivity (Wildman–Crippen MR) is 86.7 cm³/mol. The zero-order chi connectivity index (χ0) is 15.5.